The lowest BCUT2D eigenvalue weighted by molar-refractivity contribution is 0.00122. The standard InChI is InChI=1S/C10H13NOS/c13-11-6-7-12-10(8-11)9-4-2-1-3-5-9/h1-5,10,13H,6-8H2/t10-/m0/s1. The number of ether oxygens (including phenoxy) is 1. The van der Waals surface area contributed by atoms with Gasteiger partial charge >= 0.3 is 0 Å². The van der Waals surface area contributed by atoms with Gasteiger partial charge in [0.15, 0.2) is 0 Å². The van der Waals surface area contributed by atoms with Crippen LogP contribution < -0.4 is 0 Å². The van der Waals surface area contributed by atoms with Crippen molar-refractivity contribution in [3.63, 3.8) is 0 Å². The maximum absolute atomic E-state index is 5.64. The highest BCUT2D eigenvalue weighted by molar-refractivity contribution is 7.77. The molecule has 1 heterocycles. The van der Waals surface area contributed by atoms with Crippen molar-refractivity contribution >= 4 is 12.8 Å². The Hall–Kier alpha value is -0.510. The second kappa shape index (κ2) is 4.13. The Kier molecular flexibility index (Phi) is 2.88. The van der Waals surface area contributed by atoms with E-state index in [1.165, 1.54) is 5.56 Å². The van der Waals surface area contributed by atoms with Crippen LogP contribution in [0.15, 0.2) is 30.3 Å². The summed E-state index contributed by atoms with van der Waals surface area (Å²) in [5, 5.41) is 0. The van der Waals surface area contributed by atoms with Gasteiger partial charge < -0.3 is 4.74 Å². The van der Waals surface area contributed by atoms with Gasteiger partial charge in [0.25, 0.3) is 0 Å². The van der Waals surface area contributed by atoms with E-state index in [4.69, 9.17) is 4.74 Å². The Labute approximate surface area is 84.0 Å². The average molecular weight is 195 g/mol. The molecular formula is C10H13NOS. The molecule has 0 amide bonds. The molecule has 1 fully saturated rings. The van der Waals surface area contributed by atoms with Crippen molar-refractivity contribution < 1.29 is 4.74 Å². The van der Waals surface area contributed by atoms with Gasteiger partial charge in [-0.2, -0.15) is 0 Å². The van der Waals surface area contributed by atoms with Gasteiger partial charge in [-0.25, -0.2) is 4.31 Å². The van der Waals surface area contributed by atoms with E-state index in [1.54, 1.807) is 0 Å². The first-order chi connectivity index (χ1) is 6.36. The third-order valence-electron chi connectivity index (χ3n) is 2.22. The van der Waals surface area contributed by atoms with Crippen LogP contribution in [0.25, 0.3) is 0 Å². The lowest BCUT2D eigenvalue weighted by atomic mass is 10.1. The van der Waals surface area contributed by atoms with Crippen molar-refractivity contribution in [1.82, 2.24) is 4.31 Å². The number of hydrogen-bond acceptors (Lipinski definition) is 3. The van der Waals surface area contributed by atoms with Gasteiger partial charge in [0.1, 0.15) is 0 Å². The first-order valence-electron chi connectivity index (χ1n) is 4.46. The Morgan fingerprint density at radius 2 is 2.08 bits per heavy atom. The highest BCUT2D eigenvalue weighted by Gasteiger charge is 2.19. The number of morpholine rings is 1. The predicted molar refractivity (Wildman–Crippen MR) is 55.7 cm³/mol. The monoisotopic (exact) mass is 195 g/mol. The summed E-state index contributed by atoms with van der Waals surface area (Å²) in [6.07, 6.45) is 0.187. The van der Waals surface area contributed by atoms with Crippen molar-refractivity contribution in [3.05, 3.63) is 35.9 Å². The van der Waals surface area contributed by atoms with Crippen LogP contribution in [-0.2, 0) is 4.74 Å². The molecule has 3 heteroatoms. The molecule has 1 atom stereocenters. The molecule has 2 rings (SSSR count). The molecule has 0 unspecified atom stereocenters. The quantitative estimate of drug-likeness (QED) is 0.687. The van der Waals surface area contributed by atoms with Crippen molar-refractivity contribution in [2.45, 2.75) is 6.10 Å². The Morgan fingerprint density at radius 3 is 2.77 bits per heavy atom. The van der Waals surface area contributed by atoms with E-state index >= 15 is 0 Å². The van der Waals surface area contributed by atoms with Crippen LogP contribution in [0.2, 0.25) is 0 Å². The fraction of sp³-hybridized carbons (Fsp3) is 0.400. The second-order valence-corrected chi connectivity index (χ2v) is 3.75. The Balaban J connectivity index is 2.08. The van der Waals surface area contributed by atoms with E-state index in [-0.39, 0.29) is 6.10 Å². The lowest BCUT2D eigenvalue weighted by Crippen LogP contribution is -2.31. The molecule has 0 radical (unpaired) electrons. The smallest absolute Gasteiger partial charge is 0.0961 e. The van der Waals surface area contributed by atoms with Gasteiger partial charge in [-0.1, -0.05) is 43.1 Å². The summed E-state index contributed by atoms with van der Waals surface area (Å²) >= 11 is 4.32. The fourth-order valence-corrected chi connectivity index (χ4v) is 1.74. The average Bonchev–Trinajstić information content (AvgIpc) is 2.19. The van der Waals surface area contributed by atoms with Crippen molar-refractivity contribution in [2.75, 3.05) is 19.7 Å². The fourth-order valence-electron chi connectivity index (χ4n) is 1.51. The SMILES string of the molecule is SN1CCO[C@H](c2ccccc2)C1. The minimum atomic E-state index is 0.187. The molecule has 1 saturated heterocycles. The van der Waals surface area contributed by atoms with Gasteiger partial charge in [0.05, 0.1) is 12.7 Å². The van der Waals surface area contributed by atoms with Crippen LogP contribution in [0.1, 0.15) is 11.7 Å². The summed E-state index contributed by atoms with van der Waals surface area (Å²) in [6, 6.07) is 10.3. The predicted octanol–water partition coefficient (Wildman–Crippen LogP) is 1.90. The highest BCUT2D eigenvalue weighted by atomic mass is 32.1. The van der Waals surface area contributed by atoms with E-state index in [0.717, 1.165) is 19.7 Å². The van der Waals surface area contributed by atoms with E-state index in [9.17, 15) is 0 Å². The summed E-state index contributed by atoms with van der Waals surface area (Å²) < 4.78 is 7.64. The van der Waals surface area contributed by atoms with Crippen molar-refractivity contribution in [1.29, 1.82) is 0 Å². The molecule has 0 saturated carbocycles. The second-order valence-electron chi connectivity index (χ2n) is 3.18. The van der Waals surface area contributed by atoms with Crippen molar-refractivity contribution in [3.8, 4) is 0 Å². The zero-order chi connectivity index (χ0) is 9.10. The maximum Gasteiger partial charge on any atom is 0.0961 e. The van der Waals surface area contributed by atoms with Gasteiger partial charge in [0.2, 0.25) is 0 Å². The van der Waals surface area contributed by atoms with E-state index in [2.05, 4.69) is 24.9 Å². The molecule has 70 valence electrons. The summed E-state index contributed by atoms with van der Waals surface area (Å²) in [5.74, 6) is 0. The molecule has 0 spiro atoms. The molecule has 13 heavy (non-hydrogen) atoms. The number of rotatable bonds is 1. The summed E-state index contributed by atoms with van der Waals surface area (Å²) in [5.41, 5.74) is 1.24. The van der Waals surface area contributed by atoms with E-state index < -0.39 is 0 Å². The molecule has 1 aliphatic heterocycles. The van der Waals surface area contributed by atoms with Gasteiger partial charge in [-0.05, 0) is 5.56 Å². The third-order valence-corrected chi connectivity index (χ3v) is 2.58. The van der Waals surface area contributed by atoms with E-state index in [1.807, 2.05) is 22.5 Å². The van der Waals surface area contributed by atoms with Crippen LogP contribution >= 0.6 is 12.8 Å². The number of thiol groups is 1. The van der Waals surface area contributed by atoms with Crippen LogP contribution in [0.5, 0.6) is 0 Å². The number of hydrogen-bond donors (Lipinski definition) is 1. The van der Waals surface area contributed by atoms with Crippen LogP contribution in [0.4, 0.5) is 0 Å². The lowest BCUT2D eigenvalue weighted by Gasteiger charge is -2.29. The zero-order valence-corrected chi connectivity index (χ0v) is 8.28. The van der Waals surface area contributed by atoms with Gasteiger partial charge in [0, 0.05) is 13.1 Å². The highest BCUT2D eigenvalue weighted by Crippen LogP contribution is 2.22. The van der Waals surface area contributed by atoms with Gasteiger partial charge in [-0.15, -0.1) is 0 Å². The molecule has 0 aliphatic carbocycles. The minimum Gasteiger partial charge on any atom is -0.371 e. The van der Waals surface area contributed by atoms with Crippen LogP contribution in [-0.4, -0.2) is 24.0 Å². The Bertz CT molecular complexity index is 265. The molecule has 0 bridgehead atoms. The van der Waals surface area contributed by atoms with Crippen LogP contribution in [0, 0.1) is 0 Å². The van der Waals surface area contributed by atoms with E-state index in [0.29, 0.717) is 0 Å². The summed E-state index contributed by atoms with van der Waals surface area (Å²) in [4.78, 5) is 0. The molecule has 2 nitrogen and oxygen atoms in total. The normalized spacial score (nSPS) is 24.5. The third kappa shape index (κ3) is 2.24. The number of nitrogens with zero attached hydrogens (tertiary/aromatic N) is 1. The minimum absolute atomic E-state index is 0.187. The first-order valence-corrected chi connectivity index (χ1v) is 4.86. The largest absolute Gasteiger partial charge is 0.371 e. The van der Waals surface area contributed by atoms with Gasteiger partial charge in [-0.3, -0.25) is 0 Å². The molecule has 0 N–H and O–H groups in total. The van der Waals surface area contributed by atoms with Crippen molar-refractivity contribution in [2.24, 2.45) is 0 Å². The molecule has 1 aliphatic rings. The molecule has 1 aromatic carbocycles. The first kappa shape index (κ1) is 9.06. The summed E-state index contributed by atoms with van der Waals surface area (Å²) in [7, 11) is 0. The topological polar surface area (TPSA) is 12.5 Å². The zero-order valence-electron chi connectivity index (χ0n) is 7.39. The van der Waals surface area contributed by atoms with Crippen LogP contribution in [0.3, 0.4) is 0 Å². The number of benzene rings is 1. The molecular weight excluding hydrogens is 182 g/mol. The molecule has 0 aromatic heterocycles. The molecule has 1 aromatic rings. The Morgan fingerprint density at radius 1 is 1.31 bits per heavy atom. The maximum atomic E-state index is 5.64. The summed E-state index contributed by atoms with van der Waals surface area (Å²) in [6.45, 7) is 2.54.